The van der Waals surface area contributed by atoms with Crippen molar-refractivity contribution < 1.29 is 14.1 Å². The van der Waals surface area contributed by atoms with Gasteiger partial charge in [0.15, 0.2) is 0 Å². The summed E-state index contributed by atoms with van der Waals surface area (Å²) in [5, 5.41) is 3.98. The van der Waals surface area contributed by atoms with Gasteiger partial charge >= 0.3 is 5.97 Å². The number of rotatable bonds is 4. The molecule has 0 bridgehead atoms. The summed E-state index contributed by atoms with van der Waals surface area (Å²) >= 11 is 0. The first-order valence-corrected chi connectivity index (χ1v) is 6.96. The quantitative estimate of drug-likeness (QED) is 0.542. The van der Waals surface area contributed by atoms with Crippen LogP contribution < -0.4 is 4.74 Å². The van der Waals surface area contributed by atoms with E-state index in [4.69, 9.17) is 9.26 Å². The molecule has 5 heteroatoms. The summed E-state index contributed by atoms with van der Waals surface area (Å²) < 4.78 is 10.4. The van der Waals surface area contributed by atoms with Crippen molar-refractivity contribution in [2.45, 2.75) is 13.3 Å². The van der Waals surface area contributed by atoms with Crippen LogP contribution in [0.1, 0.15) is 13.3 Å². The van der Waals surface area contributed by atoms with Crippen LogP contribution in [0.4, 0.5) is 0 Å². The number of carbonyl (C=O) groups is 1. The maximum atomic E-state index is 11.2. The molecule has 0 atom stereocenters. The van der Waals surface area contributed by atoms with Crippen molar-refractivity contribution in [3.8, 4) is 28.6 Å². The second-order valence-electron chi connectivity index (χ2n) is 4.64. The van der Waals surface area contributed by atoms with Crippen LogP contribution in [0.5, 0.6) is 5.75 Å². The van der Waals surface area contributed by atoms with Crippen LogP contribution in [-0.4, -0.2) is 16.1 Å². The molecule has 0 amide bonds. The third kappa shape index (κ3) is 3.03. The lowest BCUT2D eigenvalue weighted by atomic mass is 10.2. The fraction of sp³-hybridized carbons (Fsp3) is 0.118. The summed E-state index contributed by atoms with van der Waals surface area (Å²) in [4.78, 5) is 15.6. The molecule has 0 aliphatic carbocycles. The van der Waals surface area contributed by atoms with Gasteiger partial charge in [0, 0.05) is 17.5 Å². The molecular weight excluding hydrogens is 280 g/mol. The molecule has 0 saturated carbocycles. The molecule has 5 nitrogen and oxygen atoms in total. The zero-order chi connectivity index (χ0) is 15.4. The van der Waals surface area contributed by atoms with Crippen LogP contribution in [-0.2, 0) is 4.79 Å². The molecule has 0 N–H and O–H groups in total. The van der Waals surface area contributed by atoms with E-state index in [0.717, 1.165) is 11.1 Å². The average molecular weight is 294 g/mol. The fourth-order valence-electron chi connectivity index (χ4n) is 1.91. The number of aromatic nitrogens is 2. The van der Waals surface area contributed by atoms with Crippen molar-refractivity contribution in [3.63, 3.8) is 0 Å². The fourth-order valence-corrected chi connectivity index (χ4v) is 1.91. The Balaban J connectivity index is 1.80. The monoisotopic (exact) mass is 294 g/mol. The van der Waals surface area contributed by atoms with E-state index < -0.39 is 0 Å². The number of ether oxygens (including phenoxy) is 1. The molecule has 22 heavy (non-hydrogen) atoms. The smallest absolute Gasteiger partial charge is 0.310 e. The van der Waals surface area contributed by atoms with Crippen LogP contribution >= 0.6 is 0 Å². The number of esters is 1. The van der Waals surface area contributed by atoms with Gasteiger partial charge < -0.3 is 9.26 Å². The van der Waals surface area contributed by atoms with Gasteiger partial charge in [-0.3, -0.25) is 4.79 Å². The van der Waals surface area contributed by atoms with Gasteiger partial charge in [-0.2, -0.15) is 4.98 Å². The first kappa shape index (κ1) is 14.0. The lowest BCUT2D eigenvalue weighted by Crippen LogP contribution is -2.05. The van der Waals surface area contributed by atoms with Crippen molar-refractivity contribution in [2.24, 2.45) is 0 Å². The summed E-state index contributed by atoms with van der Waals surface area (Å²) in [6, 6.07) is 16.6. The van der Waals surface area contributed by atoms with E-state index in [-0.39, 0.29) is 5.97 Å². The lowest BCUT2D eigenvalue weighted by Gasteiger charge is -2.02. The highest BCUT2D eigenvalue weighted by Crippen LogP contribution is 2.24. The summed E-state index contributed by atoms with van der Waals surface area (Å²) in [5.74, 6) is 1.19. The van der Waals surface area contributed by atoms with Gasteiger partial charge in [0.1, 0.15) is 5.75 Å². The molecule has 2 aromatic carbocycles. The van der Waals surface area contributed by atoms with Crippen molar-refractivity contribution in [1.82, 2.24) is 10.1 Å². The predicted molar refractivity (Wildman–Crippen MR) is 81.1 cm³/mol. The normalized spacial score (nSPS) is 10.4. The first-order valence-electron chi connectivity index (χ1n) is 6.96. The second kappa shape index (κ2) is 6.22. The number of hydrogen-bond acceptors (Lipinski definition) is 5. The molecule has 0 fully saturated rings. The summed E-state index contributed by atoms with van der Waals surface area (Å²) in [6.07, 6.45) is 0.339. The van der Waals surface area contributed by atoms with E-state index in [0.29, 0.717) is 23.9 Å². The van der Waals surface area contributed by atoms with E-state index in [1.54, 1.807) is 31.2 Å². The van der Waals surface area contributed by atoms with E-state index in [9.17, 15) is 4.79 Å². The van der Waals surface area contributed by atoms with Crippen molar-refractivity contribution in [3.05, 3.63) is 54.6 Å². The number of hydrogen-bond donors (Lipinski definition) is 0. The molecule has 3 aromatic rings. The lowest BCUT2D eigenvalue weighted by molar-refractivity contribution is -0.134. The second-order valence-corrected chi connectivity index (χ2v) is 4.64. The average Bonchev–Trinajstić information content (AvgIpc) is 3.06. The largest absolute Gasteiger partial charge is 0.427 e. The predicted octanol–water partition coefficient (Wildman–Crippen LogP) is 3.72. The SMILES string of the molecule is CCC(=O)Oc1ccc(-c2nc(-c3ccccc3)no2)cc1. The van der Waals surface area contributed by atoms with Gasteiger partial charge in [0.05, 0.1) is 0 Å². The third-order valence-corrected chi connectivity index (χ3v) is 3.08. The minimum absolute atomic E-state index is 0.267. The molecule has 0 spiro atoms. The van der Waals surface area contributed by atoms with Gasteiger partial charge in [-0.25, -0.2) is 0 Å². The zero-order valence-electron chi connectivity index (χ0n) is 12.0. The molecule has 0 unspecified atom stereocenters. The highest BCUT2D eigenvalue weighted by atomic mass is 16.5. The van der Waals surface area contributed by atoms with E-state index in [2.05, 4.69) is 10.1 Å². The standard InChI is InChI=1S/C17H14N2O3/c1-2-15(20)21-14-10-8-13(9-11-14)17-18-16(19-22-17)12-6-4-3-5-7-12/h3-11H,2H2,1H3. The number of benzene rings is 2. The summed E-state index contributed by atoms with van der Waals surface area (Å²) in [7, 11) is 0. The van der Waals surface area contributed by atoms with Gasteiger partial charge in [-0.1, -0.05) is 42.4 Å². The van der Waals surface area contributed by atoms with Crippen LogP contribution in [0.2, 0.25) is 0 Å². The van der Waals surface area contributed by atoms with Crippen LogP contribution in [0.25, 0.3) is 22.8 Å². The molecule has 0 saturated heterocycles. The molecule has 3 rings (SSSR count). The first-order chi connectivity index (χ1) is 10.8. The van der Waals surface area contributed by atoms with Crippen molar-refractivity contribution in [1.29, 1.82) is 0 Å². The number of carbonyl (C=O) groups excluding carboxylic acids is 1. The maximum absolute atomic E-state index is 11.2. The Kier molecular flexibility index (Phi) is 3.96. The third-order valence-electron chi connectivity index (χ3n) is 3.08. The molecule has 1 aromatic heterocycles. The Morgan fingerprint density at radius 2 is 1.77 bits per heavy atom. The topological polar surface area (TPSA) is 65.2 Å². The summed E-state index contributed by atoms with van der Waals surface area (Å²) in [5.41, 5.74) is 1.66. The maximum Gasteiger partial charge on any atom is 0.310 e. The Bertz CT molecular complexity index is 764. The zero-order valence-corrected chi connectivity index (χ0v) is 12.0. The van der Waals surface area contributed by atoms with Gasteiger partial charge in [-0.05, 0) is 24.3 Å². The van der Waals surface area contributed by atoms with Crippen molar-refractivity contribution >= 4 is 5.97 Å². The van der Waals surface area contributed by atoms with Gasteiger partial charge in [0.25, 0.3) is 5.89 Å². The molecule has 0 radical (unpaired) electrons. The summed E-state index contributed by atoms with van der Waals surface area (Å²) in [6.45, 7) is 1.75. The van der Waals surface area contributed by atoms with E-state index >= 15 is 0 Å². The van der Waals surface area contributed by atoms with E-state index in [1.165, 1.54) is 0 Å². The Labute approximate surface area is 127 Å². The van der Waals surface area contributed by atoms with Gasteiger partial charge in [-0.15, -0.1) is 0 Å². The Hall–Kier alpha value is -2.95. The van der Waals surface area contributed by atoms with Crippen molar-refractivity contribution in [2.75, 3.05) is 0 Å². The van der Waals surface area contributed by atoms with Crippen LogP contribution in [0.3, 0.4) is 0 Å². The Morgan fingerprint density at radius 1 is 1.05 bits per heavy atom. The number of nitrogens with zero attached hydrogens (tertiary/aromatic N) is 2. The van der Waals surface area contributed by atoms with Crippen LogP contribution in [0, 0.1) is 0 Å². The highest BCUT2D eigenvalue weighted by Gasteiger charge is 2.10. The molecular formula is C17H14N2O3. The van der Waals surface area contributed by atoms with Gasteiger partial charge in [0.2, 0.25) is 5.82 Å². The van der Waals surface area contributed by atoms with E-state index in [1.807, 2.05) is 30.3 Å². The van der Waals surface area contributed by atoms with Crippen LogP contribution in [0.15, 0.2) is 59.1 Å². The molecule has 0 aliphatic heterocycles. The minimum Gasteiger partial charge on any atom is -0.427 e. The molecule has 110 valence electrons. The minimum atomic E-state index is -0.267. The highest BCUT2D eigenvalue weighted by molar-refractivity contribution is 5.72. The Morgan fingerprint density at radius 3 is 2.45 bits per heavy atom. The molecule has 1 heterocycles. The molecule has 0 aliphatic rings.